The van der Waals surface area contributed by atoms with E-state index < -0.39 is 0 Å². The van der Waals surface area contributed by atoms with E-state index in [0.717, 1.165) is 19.5 Å². The molecular weight excluding hydrogens is 193 g/mol. The number of allylic oxidation sites excluding steroid dienone is 1. The Kier molecular flexibility index (Phi) is 25.7. The molecule has 1 nitrogen and oxygen atoms in total. The van der Waals surface area contributed by atoms with Crippen LogP contribution in [-0.2, 0) is 0 Å². The van der Waals surface area contributed by atoms with Gasteiger partial charge in [-0.1, -0.05) is 12.2 Å². The fourth-order valence-electron chi connectivity index (χ4n) is 0.743. The summed E-state index contributed by atoms with van der Waals surface area (Å²) in [5.74, 6) is 0. The Balaban J connectivity index is -0.000000405. The summed E-state index contributed by atoms with van der Waals surface area (Å²) in [4.78, 5) is 0. The predicted molar refractivity (Wildman–Crippen MR) is 61.6 cm³/mol. The Morgan fingerprint density at radius 2 is 1.67 bits per heavy atom. The lowest BCUT2D eigenvalue weighted by atomic mass is 10.2. The summed E-state index contributed by atoms with van der Waals surface area (Å²) in [6.07, 6.45) is 7.46. The molecule has 0 amide bonds. The largest absolute Gasteiger partial charge is 0.313 e. The van der Waals surface area contributed by atoms with Crippen molar-refractivity contribution in [3.05, 3.63) is 25.3 Å². The van der Waals surface area contributed by atoms with Crippen LogP contribution in [0, 0.1) is 0 Å². The molecular formula is C9H19Cl2N. The zero-order valence-electron chi connectivity index (χ0n) is 7.42. The van der Waals surface area contributed by atoms with Gasteiger partial charge >= 0.3 is 0 Å². The van der Waals surface area contributed by atoms with Crippen LogP contribution in [0.5, 0.6) is 0 Å². The molecule has 0 aliphatic rings. The molecule has 0 aromatic rings. The van der Waals surface area contributed by atoms with Crippen molar-refractivity contribution in [3.63, 3.8) is 0 Å². The molecule has 0 aromatic carbocycles. The van der Waals surface area contributed by atoms with Gasteiger partial charge in [0.05, 0.1) is 0 Å². The van der Waals surface area contributed by atoms with Crippen molar-refractivity contribution >= 4 is 24.8 Å². The molecule has 0 aromatic heterocycles. The van der Waals surface area contributed by atoms with E-state index in [1.165, 1.54) is 12.8 Å². The number of unbranched alkanes of at least 4 members (excludes halogenated alkanes) is 2. The summed E-state index contributed by atoms with van der Waals surface area (Å²) < 4.78 is 0. The Labute approximate surface area is 88.1 Å². The van der Waals surface area contributed by atoms with Crippen LogP contribution in [0.2, 0.25) is 0 Å². The predicted octanol–water partition coefficient (Wildman–Crippen LogP) is 2.96. The molecule has 0 bridgehead atoms. The first kappa shape index (κ1) is 17.9. The molecule has 0 fully saturated rings. The number of hydrogen-bond donors (Lipinski definition) is 1. The molecule has 0 spiro atoms. The van der Waals surface area contributed by atoms with Crippen molar-refractivity contribution in [2.75, 3.05) is 13.1 Å². The van der Waals surface area contributed by atoms with Crippen molar-refractivity contribution in [2.45, 2.75) is 19.3 Å². The van der Waals surface area contributed by atoms with Crippen LogP contribution in [-0.4, -0.2) is 13.1 Å². The van der Waals surface area contributed by atoms with E-state index in [-0.39, 0.29) is 24.8 Å². The minimum Gasteiger partial charge on any atom is -0.313 e. The molecule has 0 saturated heterocycles. The Hall–Kier alpha value is 0.0200. The summed E-state index contributed by atoms with van der Waals surface area (Å²) in [7, 11) is 0. The van der Waals surface area contributed by atoms with E-state index in [0.29, 0.717) is 0 Å². The maximum Gasteiger partial charge on any atom is 0.0132 e. The molecule has 0 atom stereocenters. The van der Waals surface area contributed by atoms with E-state index in [9.17, 15) is 0 Å². The molecule has 3 heteroatoms. The topological polar surface area (TPSA) is 12.0 Å². The van der Waals surface area contributed by atoms with E-state index in [1.807, 2.05) is 12.2 Å². The van der Waals surface area contributed by atoms with Gasteiger partial charge in [0.1, 0.15) is 0 Å². The molecule has 0 aliphatic heterocycles. The molecule has 0 saturated carbocycles. The van der Waals surface area contributed by atoms with Gasteiger partial charge in [0.2, 0.25) is 0 Å². The summed E-state index contributed by atoms with van der Waals surface area (Å²) >= 11 is 0. The van der Waals surface area contributed by atoms with Gasteiger partial charge < -0.3 is 5.32 Å². The van der Waals surface area contributed by atoms with Crippen molar-refractivity contribution in [3.8, 4) is 0 Å². The Morgan fingerprint density at radius 3 is 2.17 bits per heavy atom. The van der Waals surface area contributed by atoms with Crippen molar-refractivity contribution < 1.29 is 0 Å². The second-order valence-corrected chi connectivity index (χ2v) is 2.28. The molecule has 0 heterocycles. The third-order valence-corrected chi connectivity index (χ3v) is 1.30. The van der Waals surface area contributed by atoms with Crippen molar-refractivity contribution in [1.82, 2.24) is 5.32 Å². The highest BCUT2D eigenvalue weighted by molar-refractivity contribution is 5.85. The Bertz CT molecular complexity index is 82.5. The van der Waals surface area contributed by atoms with Gasteiger partial charge in [-0.3, -0.25) is 0 Å². The second kappa shape index (κ2) is 17.2. The fourth-order valence-corrected chi connectivity index (χ4v) is 0.743. The minimum absolute atomic E-state index is 0. The first-order chi connectivity index (χ1) is 4.91. The first-order valence-corrected chi connectivity index (χ1v) is 3.84. The fraction of sp³-hybridized carbons (Fsp3) is 0.556. The highest BCUT2D eigenvalue weighted by Gasteiger charge is 1.83. The number of hydrogen-bond acceptors (Lipinski definition) is 1. The highest BCUT2D eigenvalue weighted by Crippen LogP contribution is 1.92. The van der Waals surface area contributed by atoms with E-state index in [4.69, 9.17) is 0 Å². The molecule has 74 valence electrons. The average Bonchev–Trinajstić information content (AvgIpc) is 1.97. The average molecular weight is 212 g/mol. The van der Waals surface area contributed by atoms with Crippen LogP contribution in [0.25, 0.3) is 0 Å². The van der Waals surface area contributed by atoms with Crippen LogP contribution in [0.4, 0.5) is 0 Å². The third kappa shape index (κ3) is 16.5. The van der Waals surface area contributed by atoms with Gasteiger partial charge in [-0.05, 0) is 25.8 Å². The van der Waals surface area contributed by atoms with Crippen LogP contribution < -0.4 is 5.32 Å². The lowest BCUT2D eigenvalue weighted by molar-refractivity contribution is 0.661. The monoisotopic (exact) mass is 211 g/mol. The van der Waals surface area contributed by atoms with Crippen LogP contribution in [0.15, 0.2) is 25.3 Å². The molecule has 0 aliphatic carbocycles. The van der Waals surface area contributed by atoms with Gasteiger partial charge in [-0.2, -0.15) is 0 Å². The van der Waals surface area contributed by atoms with E-state index in [1.54, 1.807) is 0 Å². The smallest absolute Gasteiger partial charge is 0.0132 e. The van der Waals surface area contributed by atoms with Crippen molar-refractivity contribution in [2.24, 2.45) is 0 Å². The molecule has 12 heavy (non-hydrogen) atoms. The van der Waals surface area contributed by atoms with E-state index in [2.05, 4.69) is 18.5 Å². The zero-order chi connectivity index (χ0) is 7.66. The Morgan fingerprint density at radius 1 is 1.00 bits per heavy atom. The SMILES string of the molecule is C=CCCCCNCC=C.Cl.Cl. The summed E-state index contributed by atoms with van der Waals surface area (Å²) in [5.41, 5.74) is 0. The number of rotatable bonds is 7. The number of halogens is 2. The standard InChI is InChI=1S/C9H17N.2ClH/c1-3-5-6-7-9-10-8-4-2;;/h3-4,10H,1-2,5-9H2;2*1H. The highest BCUT2D eigenvalue weighted by atomic mass is 35.5. The molecule has 0 rings (SSSR count). The van der Waals surface area contributed by atoms with Gasteiger partial charge in [0, 0.05) is 6.54 Å². The quantitative estimate of drug-likeness (QED) is 0.505. The third-order valence-electron chi connectivity index (χ3n) is 1.30. The van der Waals surface area contributed by atoms with Gasteiger partial charge in [-0.25, -0.2) is 0 Å². The van der Waals surface area contributed by atoms with Gasteiger partial charge in [-0.15, -0.1) is 38.0 Å². The minimum atomic E-state index is 0. The molecule has 0 radical (unpaired) electrons. The van der Waals surface area contributed by atoms with Crippen molar-refractivity contribution in [1.29, 1.82) is 0 Å². The lowest BCUT2D eigenvalue weighted by Gasteiger charge is -1.98. The summed E-state index contributed by atoms with van der Waals surface area (Å²) in [6.45, 7) is 9.30. The maximum absolute atomic E-state index is 3.66. The molecule has 0 unspecified atom stereocenters. The first-order valence-electron chi connectivity index (χ1n) is 3.84. The second-order valence-electron chi connectivity index (χ2n) is 2.28. The van der Waals surface area contributed by atoms with Crippen LogP contribution >= 0.6 is 24.8 Å². The number of nitrogens with one attached hydrogen (secondary N) is 1. The van der Waals surface area contributed by atoms with Gasteiger partial charge in [0.25, 0.3) is 0 Å². The van der Waals surface area contributed by atoms with Crippen LogP contribution in [0.3, 0.4) is 0 Å². The normalized spacial score (nSPS) is 7.67. The lowest BCUT2D eigenvalue weighted by Crippen LogP contribution is -2.14. The summed E-state index contributed by atoms with van der Waals surface area (Å²) in [6, 6.07) is 0. The summed E-state index contributed by atoms with van der Waals surface area (Å²) in [5, 5.41) is 3.24. The molecule has 1 N–H and O–H groups in total. The maximum atomic E-state index is 3.66. The van der Waals surface area contributed by atoms with Crippen LogP contribution in [0.1, 0.15) is 19.3 Å². The zero-order valence-corrected chi connectivity index (χ0v) is 9.05. The van der Waals surface area contributed by atoms with E-state index >= 15 is 0 Å². The van der Waals surface area contributed by atoms with Gasteiger partial charge in [0.15, 0.2) is 0 Å².